The molecule has 0 aromatic heterocycles. The largest absolute Gasteiger partial charge is 0.324 e. The molecule has 0 aliphatic heterocycles. The normalized spacial score (nSPS) is 14.1. The van der Waals surface area contributed by atoms with Crippen molar-refractivity contribution in [3.63, 3.8) is 0 Å². The Labute approximate surface area is 106 Å². The summed E-state index contributed by atoms with van der Waals surface area (Å²) in [4.78, 5) is 0.994. The minimum absolute atomic E-state index is 0.0423. The van der Waals surface area contributed by atoms with E-state index in [0.29, 0.717) is 0 Å². The fourth-order valence-corrected chi connectivity index (χ4v) is 2.67. The summed E-state index contributed by atoms with van der Waals surface area (Å²) in [7, 11) is 0. The van der Waals surface area contributed by atoms with Gasteiger partial charge in [0, 0.05) is 22.1 Å². The van der Waals surface area contributed by atoms with E-state index in [4.69, 9.17) is 5.73 Å². The summed E-state index contributed by atoms with van der Waals surface area (Å²) in [6.45, 7) is 6.27. The molecule has 0 radical (unpaired) electrons. The fourth-order valence-electron chi connectivity index (χ4n) is 1.53. The smallest absolute Gasteiger partial charge is 0.240 e. The number of hydrogen-bond acceptors (Lipinski definition) is 2. The van der Waals surface area contributed by atoms with Gasteiger partial charge in [0.05, 0.1) is 0 Å². The van der Waals surface area contributed by atoms with Crippen LogP contribution in [0.3, 0.4) is 0 Å². The Morgan fingerprint density at radius 3 is 2.35 bits per heavy atom. The summed E-state index contributed by atoms with van der Waals surface area (Å²) < 4.78 is 24.7. The monoisotopic (exact) mass is 259 g/mol. The van der Waals surface area contributed by atoms with Gasteiger partial charge in [-0.1, -0.05) is 39.0 Å². The first kappa shape index (κ1) is 14.5. The van der Waals surface area contributed by atoms with Gasteiger partial charge in [0.15, 0.2) is 0 Å². The molecular formula is C13H19F2NS. The van der Waals surface area contributed by atoms with E-state index in [0.717, 1.165) is 10.5 Å². The highest BCUT2D eigenvalue weighted by atomic mass is 32.2. The molecule has 0 bridgehead atoms. The van der Waals surface area contributed by atoms with Crippen molar-refractivity contribution in [1.29, 1.82) is 0 Å². The van der Waals surface area contributed by atoms with Crippen LogP contribution in [0.4, 0.5) is 8.78 Å². The van der Waals surface area contributed by atoms with E-state index < -0.39 is 12.5 Å². The van der Waals surface area contributed by atoms with Gasteiger partial charge < -0.3 is 5.73 Å². The van der Waals surface area contributed by atoms with E-state index in [1.807, 2.05) is 24.3 Å². The Kier molecular flexibility index (Phi) is 4.95. The predicted octanol–water partition coefficient (Wildman–Crippen LogP) is 4.23. The first-order valence-electron chi connectivity index (χ1n) is 5.61. The zero-order valence-electron chi connectivity index (χ0n) is 10.4. The van der Waals surface area contributed by atoms with E-state index >= 15 is 0 Å². The van der Waals surface area contributed by atoms with Crippen LogP contribution in [-0.4, -0.2) is 11.2 Å². The molecule has 0 aliphatic carbocycles. The molecule has 0 amide bonds. The minimum Gasteiger partial charge on any atom is -0.324 e. The molecule has 1 aromatic rings. The topological polar surface area (TPSA) is 26.0 Å². The summed E-state index contributed by atoms with van der Waals surface area (Å²) in [5.41, 5.74) is 6.63. The van der Waals surface area contributed by atoms with Gasteiger partial charge in [0.2, 0.25) is 6.43 Å². The van der Waals surface area contributed by atoms with Crippen LogP contribution >= 0.6 is 11.8 Å². The van der Waals surface area contributed by atoms with E-state index in [9.17, 15) is 8.78 Å². The van der Waals surface area contributed by atoms with E-state index in [2.05, 4.69) is 20.8 Å². The van der Waals surface area contributed by atoms with Crippen molar-refractivity contribution in [1.82, 2.24) is 0 Å². The summed E-state index contributed by atoms with van der Waals surface area (Å²) in [5.74, 6) is 0. The number of benzene rings is 1. The maximum absolute atomic E-state index is 12.4. The van der Waals surface area contributed by atoms with Crippen molar-refractivity contribution in [2.24, 2.45) is 5.73 Å². The van der Waals surface area contributed by atoms with Gasteiger partial charge in [-0.2, -0.15) is 0 Å². The van der Waals surface area contributed by atoms with Gasteiger partial charge in [-0.15, -0.1) is 11.8 Å². The number of thioether (sulfide) groups is 1. The molecule has 96 valence electrons. The quantitative estimate of drug-likeness (QED) is 0.819. The standard InChI is InChI=1S/C13H19F2NS/c1-13(2,3)17-11-7-5-4-6-9(11)10(16)8-12(14)15/h4-7,10,12H,8,16H2,1-3H3/t10-/m1/s1. The molecule has 0 heterocycles. The highest BCUT2D eigenvalue weighted by Crippen LogP contribution is 2.36. The summed E-state index contributed by atoms with van der Waals surface area (Å²) in [5, 5.41) is 0. The van der Waals surface area contributed by atoms with Gasteiger partial charge in [-0.3, -0.25) is 0 Å². The molecule has 17 heavy (non-hydrogen) atoms. The molecule has 2 N–H and O–H groups in total. The van der Waals surface area contributed by atoms with Gasteiger partial charge in [-0.05, 0) is 11.6 Å². The number of halogens is 2. The average Bonchev–Trinajstić information content (AvgIpc) is 2.14. The molecule has 0 fully saturated rings. The van der Waals surface area contributed by atoms with Crippen LogP contribution in [-0.2, 0) is 0 Å². The third-order valence-electron chi connectivity index (χ3n) is 2.17. The van der Waals surface area contributed by atoms with Crippen LogP contribution in [0.1, 0.15) is 38.8 Å². The Balaban J connectivity index is 2.91. The lowest BCUT2D eigenvalue weighted by molar-refractivity contribution is 0.128. The lowest BCUT2D eigenvalue weighted by atomic mass is 10.1. The lowest BCUT2D eigenvalue weighted by Crippen LogP contribution is -2.16. The average molecular weight is 259 g/mol. The molecule has 0 spiro atoms. The van der Waals surface area contributed by atoms with Gasteiger partial charge in [0.25, 0.3) is 0 Å². The Hall–Kier alpha value is -0.610. The second-order valence-corrected chi connectivity index (χ2v) is 6.85. The molecule has 1 rings (SSSR count). The van der Waals surface area contributed by atoms with Crippen LogP contribution < -0.4 is 5.73 Å². The second kappa shape index (κ2) is 5.83. The molecule has 0 unspecified atom stereocenters. The van der Waals surface area contributed by atoms with Gasteiger partial charge >= 0.3 is 0 Å². The van der Waals surface area contributed by atoms with Crippen LogP contribution in [0.25, 0.3) is 0 Å². The Morgan fingerprint density at radius 1 is 1.24 bits per heavy atom. The van der Waals surface area contributed by atoms with E-state index in [1.54, 1.807) is 11.8 Å². The number of hydrogen-bond donors (Lipinski definition) is 1. The van der Waals surface area contributed by atoms with Crippen LogP contribution in [0.5, 0.6) is 0 Å². The van der Waals surface area contributed by atoms with Crippen molar-refractivity contribution in [2.75, 3.05) is 0 Å². The molecule has 4 heteroatoms. The zero-order valence-corrected chi connectivity index (χ0v) is 11.2. The number of rotatable bonds is 4. The first-order chi connectivity index (χ1) is 7.79. The molecule has 1 nitrogen and oxygen atoms in total. The second-order valence-electron chi connectivity index (χ2n) is 4.99. The molecule has 0 aliphatic rings. The Bertz CT molecular complexity index is 361. The van der Waals surface area contributed by atoms with Crippen molar-refractivity contribution in [3.05, 3.63) is 29.8 Å². The maximum atomic E-state index is 12.4. The third kappa shape index (κ3) is 5.04. The highest BCUT2D eigenvalue weighted by Gasteiger charge is 2.19. The summed E-state index contributed by atoms with van der Waals surface area (Å²) in [6, 6.07) is 6.93. The maximum Gasteiger partial charge on any atom is 0.240 e. The number of nitrogens with two attached hydrogens (primary N) is 1. The molecule has 1 aromatic carbocycles. The summed E-state index contributed by atoms with van der Waals surface area (Å²) in [6.07, 6.45) is -2.65. The molecule has 0 saturated carbocycles. The molecule has 0 saturated heterocycles. The van der Waals surface area contributed by atoms with Crippen molar-refractivity contribution in [2.45, 2.75) is 49.3 Å². The summed E-state index contributed by atoms with van der Waals surface area (Å²) >= 11 is 1.66. The van der Waals surface area contributed by atoms with Crippen molar-refractivity contribution in [3.8, 4) is 0 Å². The van der Waals surface area contributed by atoms with E-state index in [1.165, 1.54) is 0 Å². The lowest BCUT2D eigenvalue weighted by Gasteiger charge is -2.22. The zero-order chi connectivity index (χ0) is 13.1. The van der Waals surface area contributed by atoms with Crippen LogP contribution in [0, 0.1) is 0 Å². The van der Waals surface area contributed by atoms with Crippen LogP contribution in [0.15, 0.2) is 29.2 Å². The van der Waals surface area contributed by atoms with E-state index in [-0.39, 0.29) is 11.2 Å². The van der Waals surface area contributed by atoms with Gasteiger partial charge in [0.1, 0.15) is 0 Å². The van der Waals surface area contributed by atoms with Crippen molar-refractivity contribution >= 4 is 11.8 Å². The highest BCUT2D eigenvalue weighted by molar-refractivity contribution is 8.00. The first-order valence-corrected chi connectivity index (χ1v) is 6.43. The van der Waals surface area contributed by atoms with Crippen LogP contribution in [0.2, 0.25) is 0 Å². The Morgan fingerprint density at radius 2 is 1.82 bits per heavy atom. The number of alkyl halides is 2. The third-order valence-corrected chi connectivity index (χ3v) is 3.37. The SMILES string of the molecule is CC(C)(C)Sc1ccccc1[C@H](N)CC(F)F. The predicted molar refractivity (Wildman–Crippen MR) is 69.6 cm³/mol. The van der Waals surface area contributed by atoms with Gasteiger partial charge in [-0.25, -0.2) is 8.78 Å². The molecular weight excluding hydrogens is 240 g/mol. The fraction of sp³-hybridized carbons (Fsp3) is 0.538. The molecule has 1 atom stereocenters. The minimum atomic E-state index is -2.36. The van der Waals surface area contributed by atoms with Crippen molar-refractivity contribution < 1.29 is 8.78 Å².